The van der Waals surface area contributed by atoms with Gasteiger partial charge in [0.1, 0.15) is 0 Å². The summed E-state index contributed by atoms with van der Waals surface area (Å²) in [7, 11) is 0. The van der Waals surface area contributed by atoms with Crippen molar-refractivity contribution in [2.75, 3.05) is 0 Å². The third-order valence-electron chi connectivity index (χ3n) is 0. The van der Waals surface area contributed by atoms with Crippen molar-refractivity contribution in [1.29, 1.82) is 0 Å². The molecule has 0 heterocycles. The lowest BCUT2D eigenvalue weighted by Crippen LogP contribution is -0.674. The summed E-state index contributed by atoms with van der Waals surface area (Å²) in [4.78, 5) is 14.0. The van der Waals surface area contributed by atoms with Crippen molar-refractivity contribution in [3.8, 4) is 0 Å². The van der Waals surface area contributed by atoms with E-state index in [9.17, 15) is 0 Å². The van der Waals surface area contributed by atoms with Crippen molar-refractivity contribution in [3.63, 3.8) is 0 Å². The van der Waals surface area contributed by atoms with Crippen molar-refractivity contribution < 1.29 is 15.2 Å². The summed E-state index contributed by atoms with van der Waals surface area (Å²) in [5, 5.41) is 0. The normalized spacial score (nSPS) is 1.00. The molecule has 0 unspecified atom stereocenters. The molecule has 0 saturated carbocycles. The van der Waals surface area contributed by atoms with Gasteiger partial charge in [0.05, 0.1) is 0 Å². The summed E-state index contributed by atoms with van der Waals surface area (Å²) in [6.07, 6.45) is 0. The molecular weight excluding hydrogens is 64.0 g/mol. The number of hydrogen-bond acceptors (Lipinski definition) is 2. The molecule has 0 aliphatic carbocycles. The van der Waals surface area contributed by atoms with E-state index in [4.69, 9.17) is 9.93 Å². The predicted octanol–water partition coefficient (Wildman–Crippen LogP) is -0.844. The maximum Gasteiger partial charge on any atom is 0 e. The van der Waals surface area contributed by atoms with Gasteiger partial charge >= 0.3 is 0 Å². The van der Waals surface area contributed by atoms with Crippen molar-refractivity contribution in [1.82, 2.24) is 0 Å². The Kier molecular flexibility index (Phi) is 522. The second-order valence-electron chi connectivity index (χ2n) is 0. The zero-order valence-electron chi connectivity index (χ0n) is 1.82. The minimum atomic E-state index is 0. The minimum absolute atomic E-state index is 0. The SMILES string of the molecule is O.O.O=O.[HH].[HH].[HH]. The molecule has 4 nitrogen and oxygen atoms in total. The van der Waals surface area contributed by atoms with E-state index in [1.165, 1.54) is 0 Å². The Labute approximate surface area is 26.7 Å². The molecule has 0 aromatic carbocycles. The molecule has 0 aliphatic rings. The van der Waals surface area contributed by atoms with E-state index >= 15 is 0 Å². The molecule has 34 valence electrons. The first-order chi connectivity index (χ1) is 1.00. The lowest BCUT2D eigenvalue weighted by molar-refractivity contribution is 0.823. The summed E-state index contributed by atoms with van der Waals surface area (Å²) in [6.45, 7) is 0. The average Bonchev–Trinajstić information content (AvgIpc) is 1.00. The fourth-order valence-corrected chi connectivity index (χ4v) is 0. The monoisotopic (exact) mass is 74.1 g/mol. The van der Waals surface area contributed by atoms with E-state index < -0.39 is 0 Å². The highest BCUT2D eigenvalue weighted by molar-refractivity contribution is 4.07. The zero-order valence-corrected chi connectivity index (χ0v) is 1.82. The standard InChI is InChI=1S/O2.2H2O.3H2/c1-2;;;;;/h;2*1H2;3*1H. The number of rotatable bonds is 0. The van der Waals surface area contributed by atoms with Gasteiger partial charge in [0.25, 0.3) is 0 Å². The molecule has 0 aliphatic heterocycles. The van der Waals surface area contributed by atoms with Crippen LogP contribution in [0.25, 0.3) is 0 Å². The Balaban J connectivity index is -0.000000000500. The highest BCUT2D eigenvalue weighted by Crippen LogP contribution is 0.741. The summed E-state index contributed by atoms with van der Waals surface area (Å²) in [5.74, 6) is 0. The molecule has 4 heavy (non-hydrogen) atoms. The molecular formula is H10O4. The fraction of sp³-hybridized carbons (Fsp3) is 0. The Bertz CT molecular complexity index is 6.90. The Morgan fingerprint density at radius 3 is 1.00 bits per heavy atom. The molecule has 0 rings (SSSR count). The first-order valence-electron chi connectivity index (χ1n) is 0.167. The van der Waals surface area contributed by atoms with Crippen LogP contribution < -0.4 is 0 Å². The van der Waals surface area contributed by atoms with Gasteiger partial charge in [-0.05, 0) is 0 Å². The van der Waals surface area contributed by atoms with E-state index in [0.717, 1.165) is 0 Å². The smallest absolute Gasteiger partial charge is 0 e. The van der Waals surface area contributed by atoms with Crippen LogP contribution in [0, 0.1) is 9.93 Å². The maximum atomic E-state index is 7.00. The van der Waals surface area contributed by atoms with E-state index in [0.29, 0.717) is 0 Å². The van der Waals surface area contributed by atoms with E-state index in [1.54, 1.807) is 0 Å². The van der Waals surface area contributed by atoms with Gasteiger partial charge in [-0.3, -0.25) is 0 Å². The summed E-state index contributed by atoms with van der Waals surface area (Å²) in [5.41, 5.74) is 0. The lowest BCUT2D eigenvalue weighted by Gasteiger charge is -0.707. The second-order valence-corrected chi connectivity index (χ2v) is 0. The van der Waals surface area contributed by atoms with Gasteiger partial charge in [0, 0.05) is 14.2 Å². The van der Waals surface area contributed by atoms with Crippen LogP contribution in [-0.4, -0.2) is 11.0 Å². The third-order valence-corrected chi connectivity index (χ3v) is 0. The van der Waals surface area contributed by atoms with Crippen molar-refractivity contribution in [2.45, 2.75) is 0 Å². The van der Waals surface area contributed by atoms with Crippen LogP contribution in [0.4, 0.5) is 0 Å². The molecule has 0 atom stereocenters. The van der Waals surface area contributed by atoms with Gasteiger partial charge in [0.2, 0.25) is 0 Å². The molecule has 4 N–H and O–H groups in total. The lowest BCUT2D eigenvalue weighted by atomic mass is 15.3. The van der Waals surface area contributed by atoms with Crippen LogP contribution in [0.2, 0.25) is 0 Å². The summed E-state index contributed by atoms with van der Waals surface area (Å²) >= 11 is 0. The highest BCUT2D eigenvalue weighted by atomic mass is 16.7. The van der Waals surface area contributed by atoms with E-state index in [2.05, 4.69) is 0 Å². The fourth-order valence-electron chi connectivity index (χ4n) is 0. The first-order valence-corrected chi connectivity index (χ1v) is 0.167. The highest BCUT2D eigenvalue weighted by Gasteiger charge is 0.707. The third kappa shape index (κ3) is 1.78. The van der Waals surface area contributed by atoms with Gasteiger partial charge in [-0.25, -0.2) is 0 Å². The van der Waals surface area contributed by atoms with Gasteiger partial charge in [-0.15, -0.1) is 0 Å². The van der Waals surface area contributed by atoms with E-state index in [1.807, 2.05) is 0 Å². The predicted molar refractivity (Wildman–Crippen MR) is 20.3 cm³/mol. The largest absolute Gasteiger partial charge is 0.412 e. The quantitative estimate of drug-likeness (QED) is 0.374. The average molecular weight is 74.1 g/mol. The Morgan fingerprint density at radius 2 is 1.00 bits per heavy atom. The Morgan fingerprint density at radius 1 is 1.00 bits per heavy atom. The summed E-state index contributed by atoms with van der Waals surface area (Å²) < 4.78 is 0. The zero-order chi connectivity index (χ0) is 2.00. The molecule has 4 heteroatoms. The van der Waals surface area contributed by atoms with Crippen LogP contribution in [0.3, 0.4) is 0 Å². The topological polar surface area (TPSA) is 97.1 Å². The molecule has 0 spiro atoms. The van der Waals surface area contributed by atoms with Crippen LogP contribution in [0.1, 0.15) is 4.28 Å². The van der Waals surface area contributed by atoms with Crippen LogP contribution in [0.5, 0.6) is 0 Å². The van der Waals surface area contributed by atoms with Crippen molar-refractivity contribution >= 4 is 0 Å². The van der Waals surface area contributed by atoms with Crippen LogP contribution in [0.15, 0.2) is 0 Å². The van der Waals surface area contributed by atoms with Crippen LogP contribution in [-0.2, 0) is 0 Å². The molecule has 0 bridgehead atoms. The van der Waals surface area contributed by atoms with Gasteiger partial charge in [-0.2, -0.15) is 0 Å². The molecule has 0 aromatic rings. The van der Waals surface area contributed by atoms with Gasteiger partial charge in [-0.1, -0.05) is 0 Å². The summed E-state index contributed by atoms with van der Waals surface area (Å²) in [6, 6.07) is 0. The van der Waals surface area contributed by atoms with E-state index in [-0.39, 0.29) is 15.2 Å². The minimum Gasteiger partial charge on any atom is -0.412 e. The molecule has 0 radical (unpaired) electrons. The molecule has 0 aromatic heterocycles. The van der Waals surface area contributed by atoms with Gasteiger partial charge in [0.15, 0.2) is 0 Å². The van der Waals surface area contributed by atoms with Crippen molar-refractivity contribution in [3.05, 3.63) is 9.93 Å². The van der Waals surface area contributed by atoms with Crippen molar-refractivity contribution in [2.24, 2.45) is 0 Å². The second kappa shape index (κ2) is 25.3. The maximum absolute atomic E-state index is 7.00. The van der Waals surface area contributed by atoms with Crippen LogP contribution >= 0.6 is 0 Å². The Hall–Kier alpha value is -0.480. The van der Waals surface area contributed by atoms with Gasteiger partial charge < -0.3 is 11.0 Å². The number of hydrogen-bond donors (Lipinski definition) is 0. The first kappa shape index (κ1) is 82.7. The molecule has 0 fully saturated rings. The molecule has 0 amide bonds. The molecule has 0 saturated heterocycles.